The Bertz CT molecular complexity index is 624. The van der Waals surface area contributed by atoms with Gasteiger partial charge in [-0.2, -0.15) is 5.26 Å². The number of hydrogen-bond acceptors (Lipinski definition) is 2. The van der Waals surface area contributed by atoms with E-state index in [0.29, 0.717) is 25.9 Å². The van der Waals surface area contributed by atoms with E-state index in [1.54, 1.807) is 4.90 Å². The van der Waals surface area contributed by atoms with Gasteiger partial charge in [0.05, 0.1) is 12.5 Å². The van der Waals surface area contributed by atoms with E-state index >= 15 is 0 Å². The zero-order valence-corrected chi connectivity index (χ0v) is 11.7. The van der Waals surface area contributed by atoms with Gasteiger partial charge >= 0.3 is 0 Å². The second-order valence-corrected chi connectivity index (χ2v) is 4.74. The second-order valence-electron chi connectivity index (χ2n) is 4.74. The monoisotopic (exact) mass is 269 g/mol. The molecule has 4 nitrogen and oxygen atoms in total. The minimum Gasteiger partial charge on any atom is -0.361 e. The molecule has 1 aromatic heterocycles. The summed E-state index contributed by atoms with van der Waals surface area (Å²) >= 11 is 0. The molecule has 1 amide bonds. The van der Waals surface area contributed by atoms with E-state index in [9.17, 15) is 4.79 Å². The number of nitriles is 1. The number of amides is 1. The Kier molecular flexibility index (Phi) is 4.78. The molecular formula is C16H19N3O. The predicted molar refractivity (Wildman–Crippen MR) is 79.1 cm³/mol. The van der Waals surface area contributed by atoms with Crippen molar-refractivity contribution in [1.82, 2.24) is 9.88 Å². The van der Waals surface area contributed by atoms with E-state index < -0.39 is 0 Å². The first-order chi connectivity index (χ1) is 9.76. The molecule has 0 unspecified atom stereocenters. The van der Waals surface area contributed by atoms with Crippen molar-refractivity contribution in [3.05, 3.63) is 36.0 Å². The van der Waals surface area contributed by atoms with Gasteiger partial charge in [0.25, 0.3) is 0 Å². The Morgan fingerprint density at radius 1 is 1.40 bits per heavy atom. The number of nitrogens with one attached hydrogen (secondary N) is 1. The van der Waals surface area contributed by atoms with Gasteiger partial charge in [-0.3, -0.25) is 4.79 Å². The second kappa shape index (κ2) is 6.76. The number of nitrogens with zero attached hydrogens (tertiary/aromatic N) is 2. The van der Waals surface area contributed by atoms with E-state index in [-0.39, 0.29) is 5.91 Å². The zero-order valence-electron chi connectivity index (χ0n) is 11.7. The van der Waals surface area contributed by atoms with Gasteiger partial charge < -0.3 is 9.88 Å². The van der Waals surface area contributed by atoms with Crippen molar-refractivity contribution in [3.8, 4) is 6.07 Å². The molecule has 0 saturated carbocycles. The average molecular weight is 269 g/mol. The Morgan fingerprint density at radius 3 is 2.95 bits per heavy atom. The van der Waals surface area contributed by atoms with Gasteiger partial charge in [-0.25, -0.2) is 0 Å². The molecule has 1 N–H and O–H groups in total. The number of fused-ring (bicyclic) bond motifs is 1. The molecule has 0 saturated heterocycles. The molecule has 1 aromatic carbocycles. The molecule has 0 aliphatic rings. The first-order valence-electron chi connectivity index (χ1n) is 6.96. The Balaban J connectivity index is 1.97. The first-order valence-corrected chi connectivity index (χ1v) is 6.96. The molecule has 0 radical (unpaired) electrons. The number of aromatic amines is 1. The van der Waals surface area contributed by atoms with E-state index in [1.165, 1.54) is 10.9 Å². The van der Waals surface area contributed by atoms with Crippen molar-refractivity contribution in [2.45, 2.75) is 26.2 Å². The van der Waals surface area contributed by atoms with Crippen LogP contribution in [0, 0.1) is 11.3 Å². The fourth-order valence-corrected chi connectivity index (χ4v) is 2.38. The predicted octanol–water partition coefficient (Wildman–Crippen LogP) is 2.86. The SMILES string of the molecule is CCN(CCC#N)C(=O)CCc1c[nH]c2ccccc12. The summed E-state index contributed by atoms with van der Waals surface area (Å²) in [5, 5.41) is 9.78. The van der Waals surface area contributed by atoms with E-state index in [4.69, 9.17) is 5.26 Å². The Hall–Kier alpha value is -2.28. The minimum absolute atomic E-state index is 0.119. The highest BCUT2D eigenvalue weighted by Crippen LogP contribution is 2.19. The van der Waals surface area contributed by atoms with Crippen molar-refractivity contribution < 1.29 is 4.79 Å². The van der Waals surface area contributed by atoms with Crippen LogP contribution in [0.15, 0.2) is 30.5 Å². The Morgan fingerprint density at radius 2 is 2.20 bits per heavy atom. The number of hydrogen-bond donors (Lipinski definition) is 1. The summed E-state index contributed by atoms with van der Waals surface area (Å²) < 4.78 is 0. The maximum absolute atomic E-state index is 12.1. The van der Waals surface area contributed by atoms with Gasteiger partial charge in [-0.1, -0.05) is 18.2 Å². The van der Waals surface area contributed by atoms with Crippen molar-refractivity contribution in [2.75, 3.05) is 13.1 Å². The molecule has 0 atom stereocenters. The average Bonchev–Trinajstić information content (AvgIpc) is 2.89. The maximum atomic E-state index is 12.1. The fraction of sp³-hybridized carbons (Fsp3) is 0.375. The minimum atomic E-state index is 0.119. The summed E-state index contributed by atoms with van der Waals surface area (Å²) in [6.07, 6.45) is 3.59. The molecule has 20 heavy (non-hydrogen) atoms. The van der Waals surface area contributed by atoms with Crippen LogP contribution < -0.4 is 0 Å². The molecule has 0 bridgehead atoms. The summed E-state index contributed by atoms with van der Waals surface area (Å²) in [6, 6.07) is 10.2. The van der Waals surface area contributed by atoms with Crippen LogP contribution >= 0.6 is 0 Å². The smallest absolute Gasteiger partial charge is 0.222 e. The first kappa shape index (κ1) is 14.1. The lowest BCUT2D eigenvalue weighted by atomic mass is 10.1. The van der Waals surface area contributed by atoms with Crippen LogP contribution in [0.5, 0.6) is 0 Å². The van der Waals surface area contributed by atoms with E-state index in [0.717, 1.165) is 11.9 Å². The lowest BCUT2D eigenvalue weighted by molar-refractivity contribution is -0.130. The van der Waals surface area contributed by atoms with Crippen LogP contribution in [0.3, 0.4) is 0 Å². The van der Waals surface area contributed by atoms with Crippen LogP contribution in [0.4, 0.5) is 0 Å². The van der Waals surface area contributed by atoms with Crippen LogP contribution in [-0.2, 0) is 11.2 Å². The zero-order chi connectivity index (χ0) is 14.4. The molecule has 2 aromatic rings. The van der Waals surface area contributed by atoms with E-state index in [1.807, 2.05) is 31.3 Å². The number of aryl methyl sites for hydroxylation is 1. The lowest BCUT2D eigenvalue weighted by Crippen LogP contribution is -2.31. The standard InChI is InChI=1S/C16H19N3O/c1-2-19(11-5-10-17)16(20)9-8-13-12-18-15-7-4-3-6-14(13)15/h3-4,6-7,12,18H,2,5,8-9,11H2,1H3. The number of H-pyrrole nitrogens is 1. The number of carbonyl (C=O) groups is 1. The topological polar surface area (TPSA) is 59.9 Å². The molecule has 0 aliphatic heterocycles. The summed E-state index contributed by atoms with van der Waals surface area (Å²) in [5.74, 6) is 0.119. The molecular weight excluding hydrogens is 250 g/mol. The van der Waals surface area contributed by atoms with Gasteiger partial charge in [-0.05, 0) is 25.0 Å². The lowest BCUT2D eigenvalue weighted by Gasteiger charge is -2.19. The van der Waals surface area contributed by atoms with Crippen molar-refractivity contribution >= 4 is 16.8 Å². The van der Waals surface area contributed by atoms with Crippen LogP contribution in [-0.4, -0.2) is 28.9 Å². The number of rotatable bonds is 6. The van der Waals surface area contributed by atoms with Crippen LogP contribution in [0.1, 0.15) is 25.3 Å². The van der Waals surface area contributed by atoms with E-state index in [2.05, 4.69) is 17.1 Å². The third-order valence-corrected chi connectivity index (χ3v) is 3.51. The fourth-order valence-electron chi connectivity index (χ4n) is 2.38. The number of aromatic nitrogens is 1. The molecule has 1 heterocycles. The molecule has 0 fully saturated rings. The molecule has 2 rings (SSSR count). The van der Waals surface area contributed by atoms with Gasteiger partial charge in [0.1, 0.15) is 0 Å². The highest BCUT2D eigenvalue weighted by atomic mass is 16.2. The molecule has 104 valence electrons. The van der Waals surface area contributed by atoms with Gasteiger partial charge in [0.2, 0.25) is 5.91 Å². The number of benzene rings is 1. The highest BCUT2D eigenvalue weighted by Gasteiger charge is 2.12. The van der Waals surface area contributed by atoms with Gasteiger partial charge in [-0.15, -0.1) is 0 Å². The highest BCUT2D eigenvalue weighted by molar-refractivity contribution is 5.84. The van der Waals surface area contributed by atoms with Crippen molar-refractivity contribution in [1.29, 1.82) is 5.26 Å². The van der Waals surface area contributed by atoms with Crippen molar-refractivity contribution in [2.24, 2.45) is 0 Å². The Labute approximate surface area is 119 Å². The third kappa shape index (κ3) is 3.18. The summed E-state index contributed by atoms with van der Waals surface area (Å²) in [7, 11) is 0. The summed E-state index contributed by atoms with van der Waals surface area (Å²) in [5.41, 5.74) is 2.28. The van der Waals surface area contributed by atoms with Crippen molar-refractivity contribution in [3.63, 3.8) is 0 Å². The van der Waals surface area contributed by atoms with Gasteiger partial charge in [0.15, 0.2) is 0 Å². The van der Waals surface area contributed by atoms with Crippen LogP contribution in [0.25, 0.3) is 10.9 Å². The molecule has 4 heteroatoms. The quantitative estimate of drug-likeness (QED) is 0.876. The number of para-hydroxylation sites is 1. The number of carbonyl (C=O) groups excluding carboxylic acids is 1. The molecule has 0 aliphatic carbocycles. The summed E-state index contributed by atoms with van der Waals surface area (Å²) in [4.78, 5) is 17.1. The maximum Gasteiger partial charge on any atom is 0.222 e. The van der Waals surface area contributed by atoms with Crippen LogP contribution in [0.2, 0.25) is 0 Å². The van der Waals surface area contributed by atoms with Gasteiger partial charge in [0, 0.05) is 36.6 Å². The third-order valence-electron chi connectivity index (χ3n) is 3.51. The normalized spacial score (nSPS) is 10.4. The molecule has 0 spiro atoms. The largest absolute Gasteiger partial charge is 0.361 e. The summed E-state index contributed by atoms with van der Waals surface area (Å²) in [6.45, 7) is 3.13.